The quantitative estimate of drug-likeness (QED) is 0.616. The molecule has 0 atom stereocenters. The van der Waals surface area contributed by atoms with Crippen LogP contribution in [0, 0.1) is 0 Å². The maximum atomic E-state index is 12.3. The van der Waals surface area contributed by atoms with Crippen molar-refractivity contribution in [2.45, 2.75) is 13.2 Å². The first-order valence-electron chi connectivity index (χ1n) is 9.03. The molecule has 3 aromatic rings. The Morgan fingerprint density at radius 1 is 1.03 bits per heavy atom. The monoisotopic (exact) mass is 412 g/mol. The fourth-order valence-corrected chi connectivity index (χ4v) is 2.80. The molecule has 0 bridgehead atoms. The first-order valence-corrected chi connectivity index (χ1v) is 9.41. The zero-order valence-corrected chi connectivity index (χ0v) is 16.7. The fourth-order valence-electron chi connectivity index (χ4n) is 2.61. The number of carbonyl (C=O) groups is 1. The summed E-state index contributed by atoms with van der Waals surface area (Å²) in [5.41, 5.74) is 1.38. The van der Waals surface area contributed by atoms with E-state index in [1.165, 1.54) is 6.07 Å². The van der Waals surface area contributed by atoms with E-state index in [-0.39, 0.29) is 30.2 Å². The number of nitrogens with zero attached hydrogens (tertiary/aromatic N) is 1. The van der Waals surface area contributed by atoms with Gasteiger partial charge in [-0.15, -0.1) is 0 Å². The molecule has 1 amide bonds. The van der Waals surface area contributed by atoms with E-state index in [0.717, 1.165) is 5.56 Å². The summed E-state index contributed by atoms with van der Waals surface area (Å²) in [4.78, 5) is 24.3. The average molecular weight is 413 g/mol. The lowest BCUT2D eigenvalue weighted by atomic mass is 10.2. The van der Waals surface area contributed by atoms with Crippen molar-refractivity contribution in [1.82, 2.24) is 9.88 Å². The minimum atomic E-state index is -0.318. The summed E-state index contributed by atoms with van der Waals surface area (Å²) >= 11 is 5.99. The maximum absolute atomic E-state index is 12.3. The molecule has 1 aromatic heterocycles. The van der Waals surface area contributed by atoms with Gasteiger partial charge in [-0.3, -0.25) is 9.59 Å². The number of amides is 1. The normalized spacial score (nSPS) is 10.4. The Balaban J connectivity index is 1.54. The van der Waals surface area contributed by atoms with E-state index < -0.39 is 0 Å². The van der Waals surface area contributed by atoms with E-state index in [0.29, 0.717) is 23.1 Å². The number of pyridine rings is 1. The topological polar surface area (TPSA) is 69.6 Å². The van der Waals surface area contributed by atoms with Gasteiger partial charge in [0.15, 0.2) is 12.4 Å². The second kappa shape index (κ2) is 9.80. The fraction of sp³-hybridized carbons (Fsp3) is 0.182. The molecular formula is C22H21ClN2O4. The van der Waals surface area contributed by atoms with Crippen molar-refractivity contribution in [3.8, 4) is 11.5 Å². The first kappa shape index (κ1) is 20.5. The number of benzene rings is 2. The molecule has 0 fully saturated rings. The lowest BCUT2D eigenvalue weighted by molar-refractivity contribution is -0.123. The van der Waals surface area contributed by atoms with Crippen LogP contribution in [0.15, 0.2) is 71.7 Å². The van der Waals surface area contributed by atoms with Gasteiger partial charge in [-0.1, -0.05) is 54.1 Å². The van der Waals surface area contributed by atoms with Gasteiger partial charge in [0.05, 0.1) is 17.8 Å². The van der Waals surface area contributed by atoms with Crippen LogP contribution in [-0.4, -0.2) is 17.1 Å². The third kappa shape index (κ3) is 5.86. The lowest BCUT2D eigenvalue weighted by Gasteiger charge is -2.13. The smallest absolute Gasteiger partial charge is 0.258 e. The summed E-state index contributed by atoms with van der Waals surface area (Å²) in [5.74, 6) is 0.381. The number of para-hydroxylation sites is 1. The molecule has 150 valence electrons. The molecule has 0 aliphatic carbocycles. The Bertz CT molecular complexity index is 1030. The minimum absolute atomic E-state index is 0.171. The number of aromatic nitrogens is 1. The molecule has 2 aromatic carbocycles. The number of hydrogen-bond donors (Lipinski definition) is 1. The molecule has 0 aliphatic heterocycles. The van der Waals surface area contributed by atoms with E-state index in [1.807, 2.05) is 30.3 Å². The van der Waals surface area contributed by atoms with Crippen molar-refractivity contribution in [3.05, 3.63) is 93.4 Å². The van der Waals surface area contributed by atoms with Gasteiger partial charge in [0.2, 0.25) is 5.43 Å². The Labute approximate surface area is 173 Å². The van der Waals surface area contributed by atoms with Crippen molar-refractivity contribution in [1.29, 1.82) is 0 Å². The van der Waals surface area contributed by atoms with E-state index in [9.17, 15) is 9.59 Å². The SMILES string of the molecule is Cn1cc(OCc2ccccc2)c(=O)cc1CNC(=O)COc1ccccc1Cl. The van der Waals surface area contributed by atoms with Gasteiger partial charge in [0.1, 0.15) is 12.4 Å². The molecule has 29 heavy (non-hydrogen) atoms. The van der Waals surface area contributed by atoms with Gasteiger partial charge in [0.25, 0.3) is 5.91 Å². The van der Waals surface area contributed by atoms with Crippen LogP contribution in [0.1, 0.15) is 11.3 Å². The highest BCUT2D eigenvalue weighted by atomic mass is 35.5. The van der Waals surface area contributed by atoms with Crippen molar-refractivity contribution in [3.63, 3.8) is 0 Å². The zero-order valence-electron chi connectivity index (χ0n) is 15.9. The molecule has 0 saturated carbocycles. The molecule has 0 aliphatic rings. The lowest BCUT2D eigenvalue weighted by Crippen LogP contribution is -2.30. The second-order valence-corrected chi connectivity index (χ2v) is 6.78. The maximum Gasteiger partial charge on any atom is 0.258 e. The summed E-state index contributed by atoms with van der Waals surface area (Å²) < 4.78 is 12.8. The number of rotatable bonds is 8. The van der Waals surface area contributed by atoms with Gasteiger partial charge in [0, 0.05) is 18.8 Å². The predicted molar refractivity (Wildman–Crippen MR) is 111 cm³/mol. The van der Waals surface area contributed by atoms with Crippen LogP contribution >= 0.6 is 11.6 Å². The van der Waals surface area contributed by atoms with Gasteiger partial charge < -0.3 is 19.4 Å². The third-order valence-corrected chi connectivity index (χ3v) is 4.52. The van der Waals surface area contributed by atoms with Crippen molar-refractivity contribution < 1.29 is 14.3 Å². The summed E-state index contributed by atoms with van der Waals surface area (Å²) in [5, 5.41) is 3.17. The van der Waals surface area contributed by atoms with Crippen LogP contribution < -0.4 is 20.2 Å². The van der Waals surface area contributed by atoms with Crippen molar-refractivity contribution >= 4 is 17.5 Å². The highest BCUT2D eigenvalue weighted by Gasteiger charge is 2.09. The number of aryl methyl sites for hydroxylation is 1. The van der Waals surface area contributed by atoms with Crippen LogP contribution in [0.3, 0.4) is 0 Å². The van der Waals surface area contributed by atoms with Gasteiger partial charge in [-0.25, -0.2) is 0 Å². The second-order valence-electron chi connectivity index (χ2n) is 6.37. The van der Waals surface area contributed by atoms with Crippen LogP contribution in [-0.2, 0) is 25.0 Å². The molecular weight excluding hydrogens is 392 g/mol. The third-order valence-electron chi connectivity index (χ3n) is 4.20. The van der Waals surface area contributed by atoms with Gasteiger partial charge >= 0.3 is 0 Å². The van der Waals surface area contributed by atoms with E-state index in [2.05, 4.69) is 5.32 Å². The van der Waals surface area contributed by atoms with Crippen LogP contribution in [0.5, 0.6) is 11.5 Å². The Morgan fingerprint density at radius 3 is 2.52 bits per heavy atom. The Morgan fingerprint density at radius 2 is 1.76 bits per heavy atom. The number of carbonyl (C=O) groups excluding carboxylic acids is 1. The average Bonchev–Trinajstić information content (AvgIpc) is 2.73. The number of ether oxygens (including phenoxy) is 2. The van der Waals surface area contributed by atoms with Gasteiger partial charge in [-0.05, 0) is 17.7 Å². The van der Waals surface area contributed by atoms with E-state index in [4.69, 9.17) is 21.1 Å². The van der Waals surface area contributed by atoms with Crippen LogP contribution in [0.2, 0.25) is 5.02 Å². The highest BCUT2D eigenvalue weighted by Crippen LogP contribution is 2.22. The molecule has 3 rings (SSSR count). The summed E-state index contributed by atoms with van der Waals surface area (Å²) in [7, 11) is 1.79. The Kier molecular flexibility index (Phi) is 6.92. The van der Waals surface area contributed by atoms with E-state index in [1.54, 1.807) is 42.1 Å². The number of nitrogens with one attached hydrogen (secondary N) is 1. The van der Waals surface area contributed by atoms with E-state index >= 15 is 0 Å². The summed E-state index contributed by atoms with van der Waals surface area (Å²) in [6.07, 6.45) is 1.62. The van der Waals surface area contributed by atoms with Crippen LogP contribution in [0.4, 0.5) is 0 Å². The predicted octanol–water partition coefficient (Wildman–Crippen LogP) is 3.31. The molecule has 0 spiro atoms. The molecule has 0 saturated heterocycles. The highest BCUT2D eigenvalue weighted by molar-refractivity contribution is 6.32. The molecule has 6 nitrogen and oxygen atoms in total. The van der Waals surface area contributed by atoms with Crippen molar-refractivity contribution in [2.75, 3.05) is 6.61 Å². The number of halogens is 1. The zero-order chi connectivity index (χ0) is 20.6. The molecule has 0 radical (unpaired) electrons. The Hall–Kier alpha value is -3.25. The van der Waals surface area contributed by atoms with Crippen molar-refractivity contribution in [2.24, 2.45) is 7.05 Å². The molecule has 1 N–H and O–H groups in total. The molecule has 1 heterocycles. The standard InChI is InChI=1S/C22H21ClN2O4/c1-25-13-21(28-14-16-7-3-2-4-8-16)19(26)11-17(25)12-24-22(27)15-29-20-10-6-5-9-18(20)23/h2-11,13H,12,14-15H2,1H3,(H,24,27). The molecule has 7 heteroatoms. The summed E-state index contributed by atoms with van der Waals surface area (Å²) in [6, 6.07) is 18.0. The number of hydrogen-bond acceptors (Lipinski definition) is 4. The molecule has 0 unspecified atom stereocenters. The first-order chi connectivity index (χ1) is 14.0. The van der Waals surface area contributed by atoms with Crippen LogP contribution in [0.25, 0.3) is 0 Å². The summed E-state index contributed by atoms with van der Waals surface area (Å²) in [6.45, 7) is 0.330. The minimum Gasteiger partial charge on any atom is -0.483 e. The largest absolute Gasteiger partial charge is 0.483 e. The van der Waals surface area contributed by atoms with Gasteiger partial charge in [-0.2, -0.15) is 0 Å².